The van der Waals surface area contributed by atoms with Crippen LogP contribution in [0.3, 0.4) is 0 Å². The van der Waals surface area contributed by atoms with Crippen LogP contribution < -0.4 is 20.4 Å². The zero-order chi connectivity index (χ0) is 28.6. The van der Waals surface area contributed by atoms with Crippen molar-refractivity contribution in [1.82, 2.24) is 15.3 Å². The number of ether oxygens (including phenoxy) is 2. The molecule has 10 heteroatoms. The molecular weight excluding hydrogens is 520 g/mol. The highest BCUT2D eigenvalue weighted by molar-refractivity contribution is 6.13. The number of rotatable bonds is 12. The number of nitrogens with one attached hydrogen (secondary N) is 2. The summed E-state index contributed by atoms with van der Waals surface area (Å²) in [6, 6.07) is 15.2. The first kappa shape index (κ1) is 28.5. The van der Waals surface area contributed by atoms with Crippen molar-refractivity contribution < 1.29 is 19.1 Å². The first-order valence-electron chi connectivity index (χ1n) is 14.4. The van der Waals surface area contributed by atoms with E-state index in [1.807, 2.05) is 36.4 Å². The van der Waals surface area contributed by atoms with E-state index in [4.69, 9.17) is 14.5 Å². The van der Waals surface area contributed by atoms with Gasteiger partial charge < -0.3 is 29.9 Å². The van der Waals surface area contributed by atoms with Gasteiger partial charge in [-0.3, -0.25) is 9.59 Å². The number of para-hydroxylation sites is 1. The number of benzene rings is 2. The van der Waals surface area contributed by atoms with Crippen molar-refractivity contribution in [1.29, 1.82) is 0 Å². The zero-order valence-electron chi connectivity index (χ0n) is 23.8. The number of carbonyl (C=O) groups is 2. The number of nitrogens with zero attached hydrogens (tertiary/aromatic N) is 4. The average molecular weight is 559 g/mol. The van der Waals surface area contributed by atoms with Gasteiger partial charge in [-0.15, -0.1) is 0 Å². The van der Waals surface area contributed by atoms with Crippen molar-refractivity contribution >= 4 is 40.6 Å². The lowest BCUT2D eigenvalue weighted by atomic mass is 10.1. The van der Waals surface area contributed by atoms with Crippen LogP contribution in [0.5, 0.6) is 0 Å². The summed E-state index contributed by atoms with van der Waals surface area (Å²) in [5, 5.41) is 6.14. The molecule has 2 amide bonds. The molecule has 5 rings (SSSR count). The van der Waals surface area contributed by atoms with Crippen LogP contribution in [0.15, 0.2) is 54.7 Å². The Morgan fingerprint density at radius 2 is 1.71 bits per heavy atom. The molecule has 1 aromatic heterocycles. The van der Waals surface area contributed by atoms with E-state index in [1.54, 1.807) is 30.3 Å². The van der Waals surface area contributed by atoms with Gasteiger partial charge >= 0.3 is 0 Å². The molecule has 0 atom stereocenters. The molecule has 2 aromatic carbocycles. The van der Waals surface area contributed by atoms with Crippen LogP contribution in [0, 0.1) is 0 Å². The van der Waals surface area contributed by atoms with E-state index in [0.29, 0.717) is 54.9 Å². The highest BCUT2D eigenvalue weighted by Gasteiger charge is 2.35. The fourth-order valence-corrected chi connectivity index (χ4v) is 5.28. The number of aromatic nitrogens is 2. The molecule has 0 unspecified atom stereocenters. The van der Waals surface area contributed by atoms with Gasteiger partial charge in [0.25, 0.3) is 11.8 Å². The van der Waals surface area contributed by atoms with Gasteiger partial charge in [0.05, 0.1) is 37.3 Å². The smallest absolute Gasteiger partial charge is 0.260 e. The van der Waals surface area contributed by atoms with Gasteiger partial charge in [0.15, 0.2) is 5.82 Å². The molecule has 1 aliphatic heterocycles. The fourth-order valence-electron chi connectivity index (χ4n) is 5.28. The van der Waals surface area contributed by atoms with Crippen LogP contribution in [-0.4, -0.2) is 67.8 Å². The van der Waals surface area contributed by atoms with Crippen molar-refractivity contribution in [3.63, 3.8) is 0 Å². The number of hydrogen-bond donors (Lipinski definition) is 2. The number of hydrogen-bond acceptors (Lipinski definition) is 8. The Morgan fingerprint density at radius 1 is 0.976 bits per heavy atom. The number of anilines is 5. The predicted octanol–water partition coefficient (Wildman–Crippen LogP) is 5.06. The summed E-state index contributed by atoms with van der Waals surface area (Å²) in [4.78, 5) is 39.2. The third kappa shape index (κ3) is 6.66. The highest BCUT2D eigenvalue weighted by atomic mass is 16.5. The molecule has 1 saturated carbocycles. The van der Waals surface area contributed by atoms with Crippen LogP contribution in [0.4, 0.5) is 28.8 Å². The van der Waals surface area contributed by atoms with Gasteiger partial charge in [-0.05, 0) is 55.7 Å². The molecule has 2 N–H and O–H groups in total. The normalized spacial score (nSPS) is 14.9. The molecule has 2 heterocycles. The Balaban J connectivity index is 1.27. The summed E-state index contributed by atoms with van der Waals surface area (Å²) in [7, 11) is 1.77. The number of amides is 2. The van der Waals surface area contributed by atoms with E-state index in [-0.39, 0.29) is 17.9 Å². The van der Waals surface area contributed by atoms with Crippen molar-refractivity contribution in [3.05, 3.63) is 65.9 Å². The van der Waals surface area contributed by atoms with E-state index < -0.39 is 0 Å². The third-order valence-electron chi connectivity index (χ3n) is 7.38. The summed E-state index contributed by atoms with van der Waals surface area (Å²) in [5.41, 5.74) is 3.52. The Bertz CT molecular complexity index is 1340. The predicted molar refractivity (Wildman–Crippen MR) is 160 cm³/mol. The minimum absolute atomic E-state index is 0.0759. The average Bonchev–Trinajstić information content (AvgIpc) is 3.50. The lowest BCUT2D eigenvalue weighted by Gasteiger charge is -2.31. The zero-order valence-corrected chi connectivity index (χ0v) is 23.8. The molecule has 2 aliphatic rings. The summed E-state index contributed by atoms with van der Waals surface area (Å²) in [6.45, 7) is 4.72. The molecule has 0 radical (unpaired) electrons. The maximum absolute atomic E-state index is 13.4. The minimum Gasteiger partial charge on any atom is -0.379 e. The van der Waals surface area contributed by atoms with Crippen LogP contribution in [0.25, 0.3) is 0 Å². The maximum atomic E-state index is 13.4. The van der Waals surface area contributed by atoms with Gasteiger partial charge in [-0.2, -0.15) is 4.98 Å². The van der Waals surface area contributed by atoms with Gasteiger partial charge in [-0.25, -0.2) is 4.98 Å². The number of carbonyl (C=O) groups excluding carboxylic acids is 2. The Labute approximate surface area is 241 Å². The van der Waals surface area contributed by atoms with Crippen molar-refractivity contribution in [2.45, 2.75) is 45.1 Å². The Hall–Kier alpha value is -4.02. The SMILES string of the molecule is CCCOCCOCCNC(=O)c1ccc(Nc2ncc3c(n2)N(C2CCCC2)c2ccccc2C(=O)N3C)cc1. The molecule has 0 bridgehead atoms. The van der Waals surface area contributed by atoms with Crippen molar-refractivity contribution in [2.24, 2.45) is 0 Å². The van der Waals surface area contributed by atoms with Gasteiger partial charge in [0.1, 0.15) is 5.69 Å². The second-order valence-corrected chi connectivity index (χ2v) is 10.3. The quantitative estimate of drug-likeness (QED) is 0.297. The summed E-state index contributed by atoms with van der Waals surface area (Å²) in [5.74, 6) is 0.893. The summed E-state index contributed by atoms with van der Waals surface area (Å²) < 4.78 is 10.9. The van der Waals surface area contributed by atoms with E-state index >= 15 is 0 Å². The first-order valence-corrected chi connectivity index (χ1v) is 14.4. The van der Waals surface area contributed by atoms with Crippen molar-refractivity contribution in [2.75, 3.05) is 55.1 Å². The van der Waals surface area contributed by atoms with Gasteiger partial charge in [-0.1, -0.05) is 31.9 Å². The molecule has 41 heavy (non-hydrogen) atoms. The van der Waals surface area contributed by atoms with Gasteiger partial charge in [0.2, 0.25) is 5.95 Å². The lowest BCUT2D eigenvalue weighted by molar-refractivity contribution is 0.0485. The minimum atomic E-state index is -0.165. The van der Waals surface area contributed by atoms with E-state index in [0.717, 1.165) is 50.1 Å². The van der Waals surface area contributed by atoms with Crippen LogP contribution in [0.2, 0.25) is 0 Å². The molecular formula is C31H38N6O4. The molecule has 216 valence electrons. The Morgan fingerprint density at radius 3 is 2.46 bits per heavy atom. The standard InChI is InChI=1S/C31H38N6O4/c1-3-17-40-19-20-41-18-16-32-29(38)22-12-14-23(15-13-22)34-31-33-21-27-28(35-31)37(24-8-4-5-9-24)26-11-7-6-10-25(26)30(39)36(27)2/h6-7,10-15,21,24H,3-5,8-9,16-20H2,1-2H3,(H,32,38)(H,33,34,35). The van der Waals surface area contributed by atoms with E-state index in [9.17, 15) is 9.59 Å². The molecule has 3 aromatic rings. The molecule has 1 aliphatic carbocycles. The lowest BCUT2D eigenvalue weighted by Crippen LogP contribution is -2.30. The molecule has 10 nitrogen and oxygen atoms in total. The monoisotopic (exact) mass is 558 g/mol. The molecule has 1 fully saturated rings. The maximum Gasteiger partial charge on any atom is 0.260 e. The topological polar surface area (TPSA) is 109 Å². The van der Waals surface area contributed by atoms with E-state index in [2.05, 4.69) is 27.4 Å². The third-order valence-corrected chi connectivity index (χ3v) is 7.38. The van der Waals surface area contributed by atoms with Crippen molar-refractivity contribution in [3.8, 4) is 0 Å². The fraction of sp³-hybridized carbons (Fsp3) is 0.419. The largest absolute Gasteiger partial charge is 0.379 e. The Kier molecular flexibility index (Phi) is 9.43. The second kappa shape index (κ2) is 13.6. The van der Waals surface area contributed by atoms with E-state index in [1.165, 1.54) is 0 Å². The van der Waals surface area contributed by atoms with Crippen LogP contribution in [0.1, 0.15) is 59.7 Å². The summed E-state index contributed by atoms with van der Waals surface area (Å²) >= 11 is 0. The van der Waals surface area contributed by atoms with Crippen LogP contribution in [-0.2, 0) is 9.47 Å². The number of fused-ring (bicyclic) bond motifs is 2. The molecule has 0 spiro atoms. The molecule has 0 saturated heterocycles. The second-order valence-electron chi connectivity index (χ2n) is 10.3. The highest BCUT2D eigenvalue weighted by Crippen LogP contribution is 2.43. The van der Waals surface area contributed by atoms with Crippen LogP contribution >= 0.6 is 0 Å². The first-order chi connectivity index (χ1) is 20.1. The summed E-state index contributed by atoms with van der Waals surface area (Å²) in [6.07, 6.45) is 7.08. The van der Waals surface area contributed by atoms with Gasteiger partial charge in [0, 0.05) is 37.5 Å².